The van der Waals surface area contributed by atoms with Crippen LogP contribution in [-0.2, 0) is 0 Å². The molecule has 0 aliphatic heterocycles. The molecule has 78 valence electrons. The van der Waals surface area contributed by atoms with Crippen LogP contribution in [-0.4, -0.2) is 6.04 Å². The lowest BCUT2D eigenvalue weighted by molar-refractivity contribution is 0.181. The fourth-order valence-electron chi connectivity index (χ4n) is 2.40. The van der Waals surface area contributed by atoms with Gasteiger partial charge in [-0.15, -0.1) is 0 Å². The molecule has 0 aromatic heterocycles. The van der Waals surface area contributed by atoms with Crippen molar-refractivity contribution in [2.24, 2.45) is 17.1 Å². The lowest BCUT2D eigenvalue weighted by Crippen LogP contribution is -2.23. The van der Waals surface area contributed by atoms with Crippen molar-refractivity contribution in [1.82, 2.24) is 0 Å². The fraction of sp³-hybridized carbons (Fsp3) is 1.00. The van der Waals surface area contributed by atoms with E-state index in [2.05, 4.69) is 20.8 Å². The van der Waals surface area contributed by atoms with E-state index in [0.717, 1.165) is 5.92 Å². The van der Waals surface area contributed by atoms with E-state index in [4.69, 9.17) is 5.73 Å². The van der Waals surface area contributed by atoms with Crippen LogP contribution in [0.25, 0.3) is 0 Å². The topological polar surface area (TPSA) is 26.0 Å². The third-order valence-electron chi connectivity index (χ3n) is 4.03. The van der Waals surface area contributed by atoms with Crippen LogP contribution in [0.3, 0.4) is 0 Å². The molecule has 0 radical (unpaired) electrons. The predicted molar refractivity (Wildman–Crippen MR) is 58.6 cm³/mol. The van der Waals surface area contributed by atoms with E-state index in [0.29, 0.717) is 11.5 Å². The van der Waals surface area contributed by atoms with Gasteiger partial charge >= 0.3 is 0 Å². The lowest BCUT2D eigenvalue weighted by Gasteiger charge is -2.32. The fourth-order valence-corrected chi connectivity index (χ4v) is 2.40. The Hall–Kier alpha value is -0.0400. The van der Waals surface area contributed by atoms with Crippen LogP contribution < -0.4 is 5.73 Å². The van der Waals surface area contributed by atoms with Crippen molar-refractivity contribution in [1.29, 1.82) is 0 Å². The summed E-state index contributed by atoms with van der Waals surface area (Å²) in [5.41, 5.74) is 6.51. The minimum atomic E-state index is 0.484. The number of hydrogen-bond donors (Lipinski definition) is 1. The number of rotatable bonds is 2. The average Bonchev–Trinajstić information content (AvgIpc) is 2.30. The van der Waals surface area contributed by atoms with Crippen LogP contribution in [0.2, 0.25) is 0 Å². The molecule has 13 heavy (non-hydrogen) atoms. The molecule has 2 unspecified atom stereocenters. The molecule has 2 atom stereocenters. The summed E-state index contributed by atoms with van der Waals surface area (Å²) in [6, 6.07) is 0.484. The van der Waals surface area contributed by atoms with Gasteiger partial charge in [-0.3, -0.25) is 0 Å². The van der Waals surface area contributed by atoms with Gasteiger partial charge in [-0.25, -0.2) is 0 Å². The molecule has 1 nitrogen and oxygen atoms in total. The zero-order valence-electron chi connectivity index (χ0n) is 9.47. The first-order valence-corrected chi connectivity index (χ1v) is 5.82. The highest BCUT2D eigenvalue weighted by Crippen LogP contribution is 2.39. The second kappa shape index (κ2) is 4.45. The summed E-state index contributed by atoms with van der Waals surface area (Å²) >= 11 is 0. The predicted octanol–water partition coefficient (Wildman–Crippen LogP) is 3.33. The molecule has 0 aromatic rings. The molecule has 0 heterocycles. The van der Waals surface area contributed by atoms with Gasteiger partial charge in [0.2, 0.25) is 0 Å². The Bertz CT molecular complexity index is 151. The minimum Gasteiger partial charge on any atom is -0.328 e. The molecule has 1 rings (SSSR count). The molecule has 1 saturated carbocycles. The van der Waals surface area contributed by atoms with E-state index in [9.17, 15) is 0 Å². The van der Waals surface area contributed by atoms with Crippen molar-refractivity contribution < 1.29 is 0 Å². The summed E-state index contributed by atoms with van der Waals surface area (Å²) in [7, 11) is 0. The maximum Gasteiger partial charge on any atom is 0.00389 e. The van der Waals surface area contributed by atoms with Crippen molar-refractivity contribution >= 4 is 0 Å². The SMILES string of the molecule is CCC(C)(C)C1CCCC(N)CC1. The van der Waals surface area contributed by atoms with Crippen LogP contribution >= 0.6 is 0 Å². The van der Waals surface area contributed by atoms with Gasteiger partial charge < -0.3 is 5.73 Å². The molecular weight excluding hydrogens is 158 g/mol. The number of nitrogens with two attached hydrogens (primary N) is 1. The van der Waals surface area contributed by atoms with Crippen LogP contribution in [0.4, 0.5) is 0 Å². The number of hydrogen-bond acceptors (Lipinski definition) is 1. The van der Waals surface area contributed by atoms with E-state index in [1.165, 1.54) is 38.5 Å². The average molecular weight is 183 g/mol. The zero-order chi connectivity index (χ0) is 9.90. The minimum absolute atomic E-state index is 0.484. The molecule has 0 amide bonds. The van der Waals surface area contributed by atoms with Gasteiger partial charge in [-0.05, 0) is 37.0 Å². The van der Waals surface area contributed by atoms with Gasteiger partial charge in [0.05, 0.1) is 0 Å². The Morgan fingerprint density at radius 3 is 2.46 bits per heavy atom. The van der Waals surface area contributed by atoms with Crippen LogP contribution in [0.15, 0.2) is 0 Å². The normalized spacial score (nSPS) is 31.4. The molecule has 0 spiro atoms. The molecule has 0 aromatic carbocycles. The highest BCUT2D eigenvalue weighted by molar-refractivity contribution is 4.81. The molecule has 1 heteroatoms. The van der Waals surface area contributed by atoms with E-state index >= 15 is 0 Å². The summed E-state index contributed by atoms with van der Waals surface area (Å²) in [6.45, 7) is 7.13. The Labute approximate surface area is 83.1 Å². The summed E-state index contributed by atoms with van der Waals surface area (Å²) in [5, 5.41) is 0. The van der Waals surface area contributed by atoms with Crippen molar-refractivity contribution in [3.63, 3.8) is 0 Å². The van der Waals surface area contributed by atoms with Crippen molar-refractivity contribution in [2.45, 2.75) is 65.3 Å². The first kappa shape index (κ1) is 11.0. The smallest absolute Gasteiger partial charge is 0.00389 e. The summed E-state index contributed by atoms with van der Waals surface area (Å²) in [6.07, 6.45) is 7.88. The molecule has 1 aliphatic rings. The first-order valence-electron chi connectivity index (χ1n) is 5.82. The monoisotopic (exact) mass is 183 g/mol. The molecule has 2 N–H and O–H groups in total. The van der Waals surface area contributed by atoms with Gasteiger partial charge in [0.1, 0.15) is 0 Å². The highest BCUT2D eigenvalue weighted by atomic mass is 14.6. The van der Waals surface area contributed by atoms with Gasteiger partial charge in [-0.1, -0.05) is 33.6 Å². The van der Waals surface area contributed by atoms with Gasteiger partial charge in [0.15, 0.2) is 0 Å². The van der Waals surface area contributed by atoms with Crippen molar-refractivity contribution in [3.8, 4) is 0 Å². The van der Waals surface area contributed by atoms with Crippen molar-refractivity contribution in [3.05, 3.63) is 0 Å². The zero-order valence-corrected chi connectivity index (χ0v) is 9.47. The Balaban J connectivity index is 2.50. The third-order valence-corrected chi connectivity index (χ3v) is 4.03. The van der Waals surface area contributed by atoms with Crippen molar-refractivity contribution in [2.75, 3.05) is 0 Å². The maximum absolute atomic E-state index is 5.98. The van der Waals surface area contributed by atoms with Gasteiger partial charge in [-0.2, -0.15) is 0 Å². The van der Waals surface area contributed by atoms with E-state index < -0.39 is 0 Å². The van der Waals surface area contributed by atoms with E-state index in [1.807, 2.05) is 0 Å². The summed E-state index contributed by atoms with van der Waals surface area (Å²) < 4.78 is 0. The summed E-state index contributed by atoms with van der Waals surface area (Å²) in [5.74, 6) is 0.908. The largest absolute Gasteiger partial charge is 0.328 e. The molecule has 1 aliphatic carbocycles. The van der Waals surface area contributed by atoms with Gasteiger partial charge in [0, 0.05) is 6.04 Å². The summed E-state index contributed by atoms with van der Waals surface area (Å²) in [4.78, 5) is 0. The molecular formula is C12H25N. The van der Waals surface area contributed by atoms with Crippen LogP contribution in [0.1, 0.15) is 59.3 Å². The van der Waals surface area contributed by atoms with Gasteiger partial charge in [0.25, 0.3) is 0 Å². The van der Waals surface area contributed by atoms with E-state index in [1.54, 1.807) is 0 Å². The molecule has 0 saturated heterocycles. The Morgan fingerprint density at radius 1 is 1.15 bits per heavy atom. The standard InChI is InChI=1S/C12H25N/c1-4-12(2,3)10-6-5-7-11(13)9-8-10/h10-11H,4-9,13H2,1-3H3. The quantitative estimate of drug-likeness (QED) is 0.653. The van der Waals surface area contributed by atoms with Crippen LogP contribution in [0, 0.1) is 11.3 Å². The molecule has 1 fully saturated rings. The third kappa shape index (κ3) is 2.98. The van der Waals surface area contributed by atoms with Crippen LogP contribution in [0.5, 0.6) is 0 Å². The maximum atomic E-state index is 5.98. The Morgan fingerprint density at radius 2 is 1.85 bits per heavy atom. The Kier molecular flexibility index (Phi) is 3.78. The lowest BCUT2D eigenvalue weighted by atomic mass is 9.73. The first-order chi connectivity index (χ1) is 6.06. The highest BCUT2D eigenvalue weighted by Gasteiger charge is 2.29. The van der Waals surface area contributed by atoms with E-state index in [-0.39, 0.29) is 0 Å². The second-order valence-electron chi connectivity index (χ2n) is 5.31. The second-order valence-corrected chi connectivity index (χ2v) is 5.31. The molecule has 0 bridgehead atoms.